The number of amides is 3. The maximum atomic E-state index is 12.3. The predicted molar refractivity (Wildman–Crippen MR) is 85.0 cm³/mol. The van der Waals surface area contributed by atoms with Crippen LogP contribution in [-0.4, -0.2) is 59.7 Å². The Hall–Kier alpha value is -2.37. The summed E-state index contributed by atoms with van der Waals surface area (Å²) in [7, 11) is 0. The van der Waals surface area contributed by atoms with E-state index < -0.39 is 0 Å². The van der Waals surface area contributed by atoms with Gasteiger partial charge in [-0.3, -0.25) is 9.59 Å². The van der Waals surface area contributed by atoms with Crippen LogP contribution < -0.4 is 5.32 Å². The quantitative estimate of drug-likeness (QED) is 0.828. The lowest BCUT2D eigenvalue weighted by Crippen LogP contribution is -2.61. The molecular weight excluding hydrogens is 294 g/mol. The molecule has 1 atom stereocenters. The molecule has 0 saturated carbocycles. The molecule has 3 rings (SSSR count). The number of nitrogens with one attached hydrogen (secondary N) is 1. The van der Waals surface area contributed by atoms with E-state index in [4.69, 9.17) is 0 Å². The van der Waals surface area contributed by atoms with Gasteiger partial charge in [0.25, 0.3) is 0 Å². The standard InChI is InChI=1S/C17H21N3O3/c1-12(16(22)13-5-3-2-4-6-13)9-15(21)19-10-14(11-19)20-8-7-18-17(20)23/h2-6,12,14H,7-11H2,1H3,(H,18,23). The van der Waals surface area contributed by atoms with Crippen LogP contribution >= 0.6 is 0 Å². The number of carbonyl (C=O) groups excluding carboxylic acids is 3. The number of carbonyl (C=O) groups is 3. The first-order valence-electron chi connectivity index (χ1n) is 7.98. The summed E-state index contributed by atoms with van der Waals surface area (Å²) in [5.74, 6) is -0.355. The van der Waals surface area contributed by atoms with E-state index >= 15 is 0 Å². The van der Waals surface area contributed by atoms with E-state index in [1.54, 1.807) is 28.9 Å². The van der Waals surface area contributed by atoms with Gasteiger partial charge in [0.1, 0.15) is 0 Å². The molecule has 0 radical (unpaired) electrons. The average Bonchev–Trinajstić information content (AvgIpc) is 2.92. The van der Waals surface area contributed by atoms with E-state index in [1.165, 1.54) is 0 Å². The topological polar surface area (TPSA) is 69.7 Å². The highest BCUT2D eigenvalue weighted by atomic mass is 16.2. The number of Topliss-reactive ketones (excluding diaryl/α,β-unsaturated/α-hetero) is 1. The van der Waals surface area contributed by atoms with E-state index in [9.17, 15) is 14.4 Å². The van der Waals surface area contributed by atoms with Gasteiger partial charge in [-0.2, -0.15) is 0 Å². The van der Waals surface area contributed by atoms with Crippen LogP contribution in [0, 0.1) is 5.92 Å². The van der Waals surface area contributed by atoms with Crippen molar-refractivity contribution in [2.24, 2.45) is 5.92 Å². The van der Waals surface area contributed by atoms with Crippen molar-refractivity contribution >= 4 is 17.7 Å². The molecule has 3 amide bonds. The van der Waals surface area contributed by atoms with Crippen molar-refractivity contribution in [1.82, 2.24) is 15.1 Å². The van der Waals surface area contributed by atoms with Gasteiger partial charge in [-0.15, -0.1) is 0 Å². The second kappa shape index (κ2) is 6.40. The monoisotopic (exact) mass is 315 g/mol. The number of likely N-dealkylation sites (tertiary alicyclic amines) is 1. The normalized spacial score (nSPS) is 19.3. The Morgan fingerprint density at radius 1 is 1.26 bits per heavy atom. The van der Waals surface area contributed by atoms with Crippen LogP contribution in [0.5, 0.6) is 0 Å². The highest BCUT2D eigenvalue weighted by Gasteiger charge is 2.39. The number of benzene rings is 1. The van der Waals surface area contributed by atoms with Crippen LogP contribution in [0.2, 0.25) is 0 Å². The maximum absolute atomic E-state index is 12.3. The fourth-order valence-corrected chi connectivity index (χ4v) is 3.06. The van der Waals surface area contributed by atoms with Gasteiger partial charge in [-0.25, -0.2) is 4.79 Å². The van der Waals surface area contributed by atoms with Crippen molar-refractivity contribution < 1.29 is 14.4 Å². The Morgan fingerprint density at radius 3 is 2.57 bits per heavy atom. The molecule has 2 heterocycles. The Kier molecular flexibility index (Phi) is 4.32. The molecule has 0 aromatic heterocycles. The number of urea groups is 1. The molecule has 1 aromatic carbocycles. The maximum Gasteiger partial charge on any atom is 0.317 e. The molecule has 0 aliphatic carbocycles. The summed E-state index contributed by atoms with van der Waals surface area (Å²) in [5, 5.41) is 2.77. The van der Waals surface area contributed by atoms with Crippen LogP contribution in [-0.2, 0) is 4.79 Å². The molecule has 2 aliphatic rings. The largest absolute Gasteiger partial charge is 0.338 e. The molecule has 1 aromatic rings. The SMILES string of the molecule is CC(CC(=O)N1CC(N2CCNC2=O)C1)C(=O)c1ccccc1. The Morgan fingerprint density at radius 2 is 1.96 bits per heavy atom. The van der Waals surface area contributed by atoms with Gasteiger partial charge in [0.05, 0.1) is 6.04 Å². The van der Waals surface area contributed by atoms with Gasteiger partial charge in [0.2, 0.25) is 5.91 Å². The van der Waals surface area contributed by atoms with Crippen LogP contribution in [0.15, 0.2) is 30.3 Å². The Labute approximate surface area is 135 Å². The summed E-state index contributed by atoms with van der Waals surface area (Å²) in [5.41, 5.74) is 0.642. The molecule has 1 N–H and O–H groups in total. The fourth-order valence-electron chi connectivity index (χ4n) is 3.06. The van der Waals surface area contributed by atoms with Crippen LogP contribution in [0.3, 0.4) is 0 Å². The van der Waals surface area contributed by atoms with Crippen molar-refractivity contribution in [2.75, 3.05) is 26.2 Å². The van der Waals surface area contributed by atoms with E-state index in [0.717, 1.165) is 0 Å². The summed E-state index contributed by atoms with van der Waals surface area (Å²) in [6, 6.07) is 9.12. The molecular formula is C17H21N3O3. The number of rotatable bonds is 5. The summed E-state index contributed by atoms with van der Waals surface area (Å²) in [6.45, 7) is 4.30. The summed E-state index contributed by atoms with van der Waals surface area (Å²) >= 11 is 0. The first kappa shape index (κ1) is 15.5. The molecule has 6 nitrogen and oxygen atoms in total. The summed E-state index contributed by atoms with van der Waals surface area (Å²) in [4.78, 5) is 39.6. The lowest BCUT2D eigenvalue weighted by atomic mass is 9.95. The number of ketones is 1. The first-order chi connectivity index (χ1) is 11.1. The van der Waals surface area contributed by atoms with Crippen molar-refractivity contribution in [2.45, 2.75) is 19.4 Å². The number of hydrogen-bond acceptors (Lipinski definition) is 3. The molecule has 0 bridgehead atoms. The van der Waals surface area contributed by atoms with Crippen LogP contribution in [0.25, 0.3) is 0 Å². The summed E-state index contributed by atoms with van der Waals surface area (Å²) in [6.07, 6.45) is 0.215. The summed E-state index contributed by atoms with van der Waals surface area (Å²) < 4.78 is 0. The van der Waals surface area contributed by atoms with Crippen molar-refractivity contribution in [1.29, 1.82) is 0 Å². The zero-order valence-electron chi connectivity index (χ0n) is 13.2. The Balaban J connectivity index is 1.48. The second-order valence-electron chi connectivity index (χ2n) is 6.21. The van der Waals surface area contributed by atoms with Gasteiger partial charge in [-0.1, -0.05) is 37.3 Å². The first-order valence-corrected chi connectivity index (χ1v) is 7.98. The van der Waals surface area contributed by atoms with Gasteiger partial charge in [0, 0.05) is 44.1 Å². The minimum Gasteiger partial charge on any atom is -0.338 e. The zero-order valence-corrected chi connectivity index (χ0v) is 13.2. The zero-order chi connectivity index (χ0) is 16.4. The molecule has 2 fully saturated rings. The van der Waals surface area contributed by atoms with Gasteiger partial charge >= 0.3 is 6.03 Å². The fraction of sp³-hybridized carbons (Fsp3) is 0.471. The minimum absolute atomic E-state index is 0.00468. The van der Waals surface area contributed by atoms with Crippen molar-refractivity contribution in [3.8, 4) is 0 Å². The van der Waals surface area contributed by atoms with E-state index in [0.29, 0.717) is 31.7 Å². The minimum atomic E-state index is -0.334. The van der Waals surface area contributed by atoms with Crippen LogP contribution in [0.4, 0.5) is 4.79 Å². The molecule has 23 heavy (non-hydrogen) atoms. The van der Waals surface area contributed by atoms with E-state index in [1.807, 2.05) is 18.2 Å². The number of nitrogens with zero attached hydrogens (tertiary/aromatic N) is 2. The molecule has 1 unspecified atom stereocenters. The van der Waals surface area contributed by atoms with Crippen molar-refractivity contribution in [3.05, 3.63) is 35.9 Å². The molecule has 2 aliphatic heterocycles. The van der Waals surface area contributed by atoms with E-state index in [-0.39, 0.29) is 36.1 Å². The van der Waals surface area contributed by atoms with Gasteiger partial charge in [-0.05, 0) is 0 Å². The third kappa shape index (κ3) is 3.21. The number of hydrogen-bond donors (Lipinski definition) is 1. The van der Waals surface area contributed by atoms with Gasteiger partial charge < -0.3 is 15.1 Å². The highest BCUT2D eigenvalue weighted by molar-refractivity contribution is 5.99. The average molecular weight is 315 g/mol. The third-order valence-electron chi connectivity index (χ3n) is 4.53. The van der Waals surface area contributed by atoms with Crippen molar-refractivity contribution in [3.63, 3.8) is 0 Å². The molecule has 2 saturated heterocycles. The second-order valence-corrected chi connectivity index (χ2v) is 6.21. The molecule has 0 spiro atoms. The Bertz CT molecular complexity index is 611. The third-order valence-corrected chi connectivity index (χ3v) is 4.53. The van der Waals surface area contributed by atoms with E-state index in [2.05, 4.69) is 5.32 Å². The highest BCUT2D eigenvalue weighted by Crippen LogP contribution is 2.20. The lowest BCUT2D eigenvalue weighted by molar-refractivity contribution is -0.138. The molecule has 6 heteroatoms. The lowest BCUT2D eigenvalue weighted by Gasteiger charge is -2.43. The van der Waals surface area contributed by atoms with Crippen LogP contribution in [0.1, 0.15) is 23.7 Å². The molecule has 122 valence electrons. The van der Waals surface area contributed by atoms with Gasteiger partial charge in [0.15, 0.2) is 5.78 Å². The predicted octanol–water partition coefficient (Wildman–Crippen LogP) is 1.13. The smallest absolute Gasteiger partial charge is 0.317 e.